The van der Waals surface area contributed by atoms with Crippen molar-refractivity contribution in [3.8, 4) is 22.9 Å². The monoisotopic (exact) mass is 402 g/mol. The van der Waals surface area contributed by atoms with Crippen LogP contribution < -0.4 is 9.47 Å². The smallest absolute Gasteiger partial charge is 0.335 e. The molecular weight excluding hydrogens is 380 g/mol. The van der Waals surface area contributed by atoms with E-state index in [0.29, 0.717) is 12.1 Å². The minimum Gasteiger partial charge on any atom is -0.497 e. The van der Waals surface area contributed by atoms with E-state index in [-0.39, 0.29) is 5.56 Å². The number of methoxy groups -OCH3 is 2. The predicted molar refractivity (Wildman–Crippen MR) is 115 cm³/mol. The summed E-state index contributed by atoms with van der Waals surface area (Å²) < 4.78 is 12.7. The number of nitrogens with zero attached hydrogens (tertiary/aromatic N) is 2. The molecule has 0 radical (unpaired) electrons. The van der Waals surface area contributed by atoms with Gasteiger partial charge < -0.3 is 19.1 Å². The largest absolute Gasteiger partial charge is 0.497 e. The predicted octanol–water partition coefficient (Wildman–Crippen LogP) is 4.66. The number of aryl methyl sites for hydroxylation is 2. The Hall–Kier alpha value is -3.80. The number of ether oxygens (including phenoxy) is 2. The number of carbonyl (C=O) groups is 1. The molecule has 30 heavy (non-hydrogen) atoms. The van der Waals surface area contributed by atoms with Crippen LogP contribution in [0.5, 0.6) is 11.5 Å². The maximum Gasteiger partial charge on any atom is 0.335 e. The molecule has 0 aliphatic rings. The first-order valence-electron chi connectivity index (χ1n) is 9.60. The highest BCUT2D eigenvalue weighted by Crippen LogP contribution is 2.28. The van der Waals surface area contributed by atoms with E-state index in [0.717, 1.165) is 34.8 Å². The van der Waals surface area contributed by atoms with E-state index in [4.69, 9.17) is 14.5 Å². The third-order valence-electron chi connectivity index (χ3n) is 5.11. The molecule has 152 valence electrons. The molecule has 0 fully saturated rings. The molecular formula is C24H22N2O4. The molecule has 0 aliphatic heterocycles. The normalized spacial score (nSPS) is 10.9. The van der Waals surface area contributed by atoms with Gasteiger partial charge in [-0.25, -0.2) is 9.78 Å². The van der Waals surface area contributed by atoms with Gasteiger partial charge in [0.05, 0.1) is 30.8 Å². The van der Waals surface area contributed by atoms with E-state index in [1.54, 1.807) is 26.4 Å². The SMILES string of the molecule is COc1ccc(CCn2c(-c3cccc(OC)c3)nc3cc(C(=O)O)ccc32)cc1. The van der Waals surface area contributed by atoms with Crippen molar-refractivity contribution in [3.05, 3.63) is 77.9 Å². The summed E-state index contributed by atoms with van der Waals surface area (Å²) in [5, 5.41) is 9.34. The van der Waals surface area contributed by atoms with Gasteiger partial charge in [0.1, 0.15) is 17.3 Å². The van der Waals surface area contributed by atoms with Crippen molar-refractivity contribution in [3.63, 3.8) is 0 Å². The number of hydrogen-bond acceptors (Lipinski definition) is 4. The number of carboxylic acids is 1. The van der Waals surface area contributed by atoms with Crippen LogP contribution in [0.15, 0.2) is 66.7 Å². The molecule has 1 heterocycles. The van der Waals surface area contributed by atoms with Gasteiger partial charge in [0.15, 0.2) is 0 Å². The zero-order valence-electron chi connectivity index (χ0n) is 16.8. The van der Waals surface area contributed by atoms with Gasteiger partial charge in [-0.15, -0.1) is 0 Å². The molecule has 0 atom stereocenters. The van der Waals surface area contributed by atoms with Crippen molar-refractivity contribution < 1.29 is 19.4 Å². The molecule has 6 nitrogen and oxygen atoms in total. The molecule has 0 bridgehead atoms. The molecule has 4 rings (SSSR count). The molecule has 3 aromatic carbocycles. The molecule has 1 N–H and O–H groups in total. The summed E-state index contributed by atoms with van der Waals surface area (Å²) in [7, 11) is 3.28. The van der Waals surface area contributed by atoms with Gasteiger partial charge in [-0.2, -0.15) is 0 Å². The summed E-state index contributed by atoms with van der Waals surface area (Å²) in [6.45, 7) is 0.696. The molecule has 0 saturated heterocycles. The fourth-order valence-electron chi connectivity index (χ4n) is 3.50. The number of aromatic carboxylic acids is 1. The third kappa shape index (κ3) is 3.85. The summed E-state index contributed by atoms with van der Waals surface area (Å²) in [5.41, 5.74) is 3.86. The second kappa shape index (κ2) is 8.29. The van der Waals surface area contributed by atoms with Gasteiger partial charge in [-0.3, -0.25) is 0 Å². The summed E-state index contributed by atoms with van der Waals surface area (Å²) in [5.74, 6) is 1.38. The zero-order valence-corrected chi connectivity index (χ0v) is 16.8. The molecule has 6 heteroatoms. The lowest BCUT2D eigenvalue weighted by atomic mass is 10.1. The average molecular weight is 402 g/mol. The Morgan fingerprint density at radius 1 is 0.967 bits per heavy atom. The average Bonchev–Trinajstić information content (AvgIpc) is 3.15. The quantitative estimate of drug-likeness (QED) is 0.487. The summed E-state index contributed by atoms with van der Waals surface area (Å²) in [6, 6.07) is 20.8. The number of carboxylic acid groups (broad SMARTS) is 1. The fourth-order valence-corrected chi connectivity index (χ4v) is 3.50. The van der Waals surface area contributed by atoms with E-state index >= 15 is 0 Å². The topological polar surface area (TPSA) is 73.6 Å². The summed E-state index contributed by atoms with van der Waals surface area (Å²) in [6.07, 6.45) is 0.799. The number of benzene rings is 3. The van der Waals surface area contributed by atoms with Gasteiger partial charge in [0, 0.05) is 12.1 Å². The lowest BCUT2D eigenvalue weighted by molar-refractivity contribution is 0.0697. The van der Waals surface area contributed by atoms with Crippen LogP contribution in [-0.2, 0) is 13.0 Å². The number of fused-ring (bicyclic) bond motifs is 1. The lowest BCUT2D eigenvalue weighted by Crippen LogP contribution is -2.04. The molecule has 0 spiro atoms. The Bertz CT molecular complexity index is 1200. The second-order valence-corrected chi connectivity index (χ2v) is 6.93. The fraction of sp³-hybridized carbons (Fsp3) is 0.167. The van der Waals surface area contributed by atoms with Crippen LogP contribution in [0.25, 0.3) is 22.4 Å². The number of rotatable bonds is 7. The van der Waals surface area contributed by atoms with E-state index in [9.17, 15) is 9.90 Å². The Morgan fingerprint density at radius 3 is 2.43 bits per heavy atom. The van der Waals surface area contributed by atoms with Gasteiger partial charge in [0.25, 0.3) is 0 Å². The Balaban J connectivity index is 1.76. The summed E-state index contributed by atoms with van der Waals surface area (Å²) in [4.78, 5) is 16.2. The first-order valence-corrected chi connectivity index (χ1v) is 9.60. The van der Waals surface area contributed by atoms with Crippen LogP contribution in [0.1, 0.15) is 15.9 Å². The lowest BCUT2D eigenvalue weighted by Gasteiger charge is -2.11. The van der Waals surface area contributed by atoms with Crippen molar-refractivity contribution in [2.45, 2.75) is 13.0 Å². The highest BCUT2D eigenvalue weighted by molar-refractivity contribution is 5.93. The van der Waals surface area contributed by atoms with Crippen molar-refractivity contribution in [1.29, 1.82) is 0 Å². The molecule has 4 aromatic rings. The Kier molecular flexibility index (Phi) is 5.39. The van der Waals surface area contributed by atoms with E-state index in [2.05, 4.69) is 4.57 Å². The number of hydrogen-bond donors (Lipinski definition) is 1. The van der Waals surface area contributed by atoms with Crippen LogP contribution in [0.2, 0.25) is 0 Å². The Labute approximate surface area is 174 Å². The second-order valence-electron chi connectivity index (χ2n) is 6.93. The minimum absolute atomic E-state index is 0.222. The van der Waals surface area contributed by atoms with Crippen LogP contribution in [0.4, 0.5) is 0 Å². The molecule has 0 aliphatic carbocycles. The summed E-state index contributed by atoms with van der Waals surface area (Å²) >= 11 is 0. The van der Waals surface area contributed by atoms with Gasteiger partial charge in [0.2, 0.25) is 0 Å². The van der Waals surface area contributed by atoms with Crippen molar-refractivity contribution in [1.82, 2.24) is 9.55 Å². The minimum atomic E-state index is -0.965. The van der Waals surface area contributed by atoms with Gasteiger partial charge >= 0.3 is 5.97 Å². The van der Waals surface area contributed by atoms with Gasteiger partial charge in [-0.1, -0.05) is 24.3 Å². The molecule has 0 saturated carbocycles. The molecule has 1 aromatic heterocycles. The van der Waals surface area contributed by atoms with E-state index in [1.807, 2.05) is 54.6 Å². The molecule has 0 amide bonds. The van der Waals surface area contributed by atoms with E-state index < -0.39 is 5.97 Å². The number of imidazole rings is 1. The van der Waals surface area contributed by atoms with Crippen molar-refractivity contribution in [2.75, 3.05) is 14.2 Å². The molecule has 0 unspecified atom stereocenters. The van der Waals surface area contributed by atoms with Crippen LogP contribution >= 0.6 is 0 Å². The first kappa shape index (κ1) is 19.5. The standard InChI is InChI=1S/C24H22N2O4/c1-29-19-9-6-16(7-10-19)12-13-26-22-11-8-18(24(27)28)15-21(22)25-23(26)17-4-3-5-20(14-17)30-2/h3-11,14-15H,12-13H2,1-2H3,(H,27,28). The highest BCUT2D eigenvalue weighted by Gasteiger charge is 2.15. The van der Waals surface area contributed by atoms with Gasteiger partial charge in [-0.05, 0) is 54.4 Å². The van der Waals surface area contributed by atoms with Crippen molar-refractivity contribution >= 4 is 17.0 Å². The maximum absolute atomic E-state index is 11.4. The maximum atomic E-state index is 11.4. The number of aromatic nitrogens is 2. The third-order valence-corrected chi connectivity index (χ3v) is 5.11. The highest BCUT2D eigenvalue weighted by atomic mass is 16.5. The first-order chi connectivity index (χ1) is 14.6. The van der Waals surface area contributed by atoms with Crippen LogP contribution in [-0.4, -0.2) is 34.8 Å². The van der Waals surface area contributed by atoms with Crippen LogP contribution in [0.3, 0.4) is 0 Å². The Morgan fingerprint density at radius 2 is 1.73 bits per heavy atom. The van der Waals surface area contributed by atoms with Crippen LogP contribution in [0, 0.1) is 0 Å². The zero-order chi connectivity index (χ0) is 21.1. The van der Waals surface area contributed by atoms with E-state index in [1.165, 1.54) is 5.56 Å². The van der Waals surface area contributed by atoms with Crippen molar-refractivity contribution in [2.24, 2.45) is 0 Å².